The first-order valence-corrected chi connectivity index (χ1v) is 5.50. The first kappa shape index (κ1) is 9.77. The summed E-state index contributed by atoms with van der Waals surface area (Å²) in [6, 6.07) is 3.72. The Morgan fingerprint density at radius 1 is 1.57 bits per heavy atom. The van der Waals surface area contributed by atoms with Crippen molar-refractivity contribution in [2.75, 3.05) is 0 Å². The number of carbonyl (C=O) groups excluding carboxylic acids is 1. The Morgan fingerprint density at radius 3 is 2.79 bits per heavy atom. The standard InChI is InChI=1S/C10H12BrNO2/c1-6-4-7(5-6)12-10(13)8-2-3-9(11)14-8/h2-3,6-7H,4-5H2,1H3,(H,12,13). The molecule has 1 heterocycles. The van der Waals surface area contributed by atoms with Gasteiger partial charge in [0.2, 0.25) is 0 Å². The van der Waals surface area contributed by atoms with E-state index in [0.717, 1.165) is 18.8 Å². The maximum absolute atomic E-state index is 11.5. The molecule has 2 rings (SSSR count). The topological polar surface area (TPSA) is 42.2 Å². The molecule has 0 aromatic carbocycles. The lowest BCUT2D eigenvalue weighted by Gasteiger charge is -2.32. The van der Waals surface area contributed by atoms with Crippen LogP contribution in [0.25, 0.3) is 0 Å². The molecule has 4 heteroatoms. The highest BCUT2D eigenvalue weighted by Gasteiger charge is 2.27. The number of nitrogens with one attached hydrogen (secondary N) is 1. The van der Waals surface area contributed by atoms with Gasteiger partial charge in [-0.1, -0.05) is 6.92 Å². The number of hydrogen-bond donors (Lipinski definition) is 1. The Balaban J connectivity index is 1.90. The van der Waals surface area contributed by atoms with Crippen LogP contribution < -0.4 is 5.32 Å². The van der Waals surface area contributed by atoms with E-state index in [2.05, 4.69) is 28.2 Å². The maximum atomic E-state index is 11.5. The van der Waals surface area contributed by atoms with Crippen LogP contribution in [0.5, 0.6) is 0 Å². The summed E-state index contributed by atoms with van der Waals surface area (Å²) >= 11 is 3.16. The van der Waals surface area contributed by atoms with Crippen LogP contribution in [0, 0.1) is 5.92 Å². The van der Waals surface area contributed by atoms with Crippen molar-refractivity contribution >= 4 is 21.8 Å². The van der Waals surface area contributed by atoms with Gasteiger partial charge in [0.25, 0.3) is 5.91 Å². The third-order valence-corrected chi connectivity index (χ3v) is 2.93. The highest BCUT2D eigenvalue weighted by molar-refractivity contribution is 9.10. The van der Waals surface area contributed by atoms with Crippen LogP contribution in [0.4, 0.5) is 0 Å². The maximum Gasteiger partial charge on any atom is 0.287 e. The highest BCUT2D eigenvalue weighted by Crippen LogP contribution is 2.26. The van der Waals surface area contributed by atoms with E-state index in [9.17, 15) is 4.79 Å². The van der Waals surface area contributed by atoms with E-state index in [4.69, 9.17) is 4.42 Å². The zero-order valence-electron chi connectivity index (χ0n) is 7.92. The van der Waals surface area contributed by atoms with Crippen LogP contribution in [-0.4, -0.2) is 11.9 Å². The third kappa shape index (κ3) is 2.00. The van der Waals surface area contributed by atoms with Crippen molar-refractivity contribution in [3.63, 3.8) is 0 Å². The lowest BCUT2D eigenvalue weighted by atomic mass is 9.82. The van der Waals surface area contributed by atoms with Gasteiger partial charge in [0, 0.05) is 6.04 Å². The van der Waals surface area contributed by atoms with Gasteiger partial charge in [0.05, 0.1) is 0 Å². The Labute approximate surface area is 91.0 Å². The van der Waals surface area contributed by atoms with Crippen molar-refractivity contribution in [1.29, 1.82) is 0 Å². The Bertz CT molecular complexity index is 342. The number of carbonyl (C=O) groups is 1. The lowest BCUT2D eigenvalue weighted by molar-refractivity contribution is 0.0866. The second-order valence-corrected chi connectivity index (χ2v) is 4.63. The zero-order valence-corrected chi connectivity index (χ0v) is 9.50. The monoisotopic (exact) mass is 257 g/mol. The van der Waals surface area contributed by atoms with Crippen molar-refractivity contribution < 1.29 is 9.21 Å². The van der Waals surface area contributed by atoms with E-state index in [1.165, 1.54) is 0 Å². The fraction of sp³-hybridized carbons (Fsp3) is 0.500. The molecule has 0 spiro atoms. The van der Waals surface area contributed by atoms with Crippen LogP contribution in [0.15, 0.2) is 21.2 Å². The van der Waals surface area contributed by atoms with E-state index in [1.54, 1.807) is 12.1 Å². The number of halogens is 1. The van der Waals surface area contributed by atoms with Crippen molar-refractivity contribution in [1.82, 2.24) is 5.32 Å². The van der Waals surface area contributed by atoms with Crippen molar-refractivity contribution in [2.45, 2.75) is 25.8 Å². The predicted molar refractivity (Wildman–Crippen MR) is 56.1 cm³/mol. The van der Waals surface area contributed by atoms with Gasteiger partial charge in [-0.25, -0.2) is 0 Å². The molecule has 1 amide bonds. The fourth-order valence-corrected chi connectivity index (χ4v) is 2.02. The van der Waals surface area contributed by atoms with E-state index in [0.29, 0.717) is 16.5 Å². The first-order chi connectivity index (χ1) is 6.65. The summed E-state index contributed by atoms with van der Waals surface area (Å²) < 4.78 is 5.73. The minimum absolute atomic E-state index is 0.118. The first-order valence-electron chi connectivity index (χ1n) is 4.71. The summed E-state index contributed by atoms with van der Waals surface area (Å²) in [6.45, 7) is 2.19. The molecule has 0 atom stereocenters. The summed E-state index contributed by atoms with van der Waals surface area (Å²) in [5, 5.41) is 2.92. The van der Waals surface area contributed by atoms with E-state index in [-0.39, 0.29) is 5.91 Å². The molecule has 1 fully saturated rings. The molecule has 1 aliphatic rings. The van der Waals surface area contributed by atoms with E-state index < -0.39 is 0 Å². The summed E-state index contributed by atoms with van der Waals surface area (Å²) in [5.74, 6) is 0.993. The summed E-state index contributed by atoms with van der Waals surface area (Å²) in [5.41, 5.74) is 0. The Kier molecular flexibility index (Phi) is 2.63. The molecule has 1 N–H and O–H groups in total. The van der Waals surface area contributed by atoms with Gasteiger partial charge in [0.1, 0.15) is 0 Å². The SMILES string of the molecule is CC1CC(NC(=O)c2ccc(Br)o2)C1. The van der Waals surface area contributed by atoms with Gasteiger partial charge in [0.15, 0.2) is 10.4 Å². The Hall–Kier alpha value is -0.770. The molecule has 0 unspecified atom stereocenters. The number of furan rings is 1. The van der Waals surface area contributed by atoms with Crippen LogP contribution in [0.2, 0.25) is 0 Å². The van der Waals surface area contributed by atoms with Crippen LogP contribution >= 0.6 is 15.9 Å². The van der Waals surface area contributed by atoms with Crippen molar-refractivity contribution in [2.24, 2.45) is 5.92 Å². The highest BCUT2D eigenvalue weighted by atomic mass is 79.9. The van der Waals surface area contributed by atoms with Crippen LogP contribution in [-0.2, 0) is 0 Å². The summed E-state index contributed by atoms with van der Waals surface area (Å²) in [4.78, 5) is 11.5. The lowest BCUT2D eigenvalue weighted by Crippen LogP contribution is -2.43. The molecule has 1 aliphatic carbocycles. The molecule has 76 valence electrons. The molecule has 1 aromatic heterocycles. The molecular formula is C10H12BrNO2. The molecule has 0 aliphatic heterocycles. The molecule has 0 saturated heterocycles. The minimum atomic E-state index is -0.118. The molecule has 3 nitrogen and oxygen atoms in total. The second-order valence-electron chi connectivity index (χ2n) is 3.85. The van der Waals surface area contributed by atoms with Gasteiger partial charge in [-0.15, -0.1) is 0 Å². The summed E-state index contributed by atoms with van der Waals surface area (Å²) in [7, 11) is 0. The summed E-state index contributed by atoms with van der Waals surface area (Å²) in [6.07, 6.45) is 2.15. The molecule has 0 bridgehead atoms. The minimum Gasteiger partial charge on any atom is -0.444 e. The molecule has 0 radical (unpaired) electrons. The molecule has 14 heavy (non-hydrogen) atoms. The predicted octanol–water partition coefficient (Wildman–Crippen LogP) is 2.57. The smallest absolute Gasteiger partial charge is 0.287 e. The van der Waals surface area contributed by atoms with E-state index in [1.807, 2.05) is 0 Å². The van der Waals surface area contributed by atoms with Crippen molar-refractivity contribution in [3.8, 4) is 0 Å². The quantitative estimate of drug-likeness (QED) is 0.885. The normalized spacial score (nSPS) is 25.6. The molecule has 1 aromatic rings. The third-order valence-electron chi connectivity index (χ3n) is 2.51. The van der Waals surface area contributed by atoms with E-state index >= 15 is 0 Å². The van der Waals surface area contributed by atoms with Gasteiger partial charge >= 0.3 is 0 Å². The number of hydrogen-bond acceptors (Lipinski definition) is 2. The molecule has 1 saturated carbocycles. The van der Waals surface area contributed by atoms with Gasteiger partial charge in [-0.05, 0) is 46.8 Å². The van der Waals surface area contributed by atoms with Crippen LogP contribution in [0.1, 0.15) is 30.3 Å². The number of rotatable bonds is 2. The average molecular weight is 258 g/mol. The van der Waals surface area contributed by atoms with Crippen molar-refractivity contribution in [3.05, 3.63) is 22.6 Å². The van der Waals surface area contributed by atoms with Gasteiger partial charge < -0.3 is 9.73 Å². The second kappa shape index (κ2) is 3.77. The van der Waals surface area contributed by atoms with Crippen LogP contribution in [0.3, 0.4) is 0 Å². The number of amides is 1. The average Bonchev–Trinajstić information content (AvgIpc) is 2.49. The Morgan fingerprint density at radius 2 is 2.29 bits per heavy atom. The fourth-order valence-electron chi connectivity index (χ4n) is 1.71. The zero-order chi connectivity index (χ0) is 10.1. The largest absolute Gasteiger partial charge is 0.444 e. The van der Waals surface area contributed by atoms with Gasteiger partial charge in [-0.2, -0.15) is 0 Å². The molecular weight excluding hydrogens is 246 g/mol. The van der Waals surface area contributed by atoms with Gasteiger partial charge in [-0.3, -0.25) is 4.79 Å².